The van der Waals surface area contributed by atoms with Crippen LogP contribution in [0.15, 0.2) is 24.0 Å². The van der Waals surface area contributed by atoms with Gasteiger partial charge in [0.15, 0.2) is 0 Å². The van der Waals surface area contributed by atoms with Crippen LogP contribution in [0.1, 0.15) is 40.0 Å². The lowest BCUT2D eigenvalue weighted by Crippen LogP contribution is -2.25. The molecule has 0 N–H and O–H groups in total. The van der Waals surface area contributed by atoms with Crippen molar-refractivity contribution >= 4 is 0 Å². The molecule has 1 heteroatoms. The molecule has 1 saturated heterocycles. The van der Waals surface area contributed by atoms with Gasteiger partial charge in [0.25, 0.3) is 0 Å². The van der Waals surface area contributed by atoms with Crippen LogP contribution >= 0.6 is 0 Å². The van der Waals surface area contributed by atoms with E-state index in [1.165, 1.54) is 30.7 Å². The molecule has 1 nitrogen and oxygen atoms in total. The van der Waals surface area contributed by atoms with Crippen LogP contribution in [-0.2, 0) is 0 Å². The summed E-state index contributed by atoms with van der Waals surface area (Å²) < 4.78 is 0. The molecular weight excluding hydrogens is 158 g/mol. The quantitative estimate of drug-likeness (QED) is 0.626. The van der Waals surface area contributed by atoms with E-state index in [9.17, 15) is 0 Å². The number of likely N-dealkylation sites (tertiary alicyclic amines) is 1. The Labute approximate surface area is 82.1 Å². The highest BCUT2D eigenvalue weighted by atomic mass is 15.1. The molecule has 1 fully saturated rings. The van der Waals surface area contributed by atoms with Crippen molar-refractivity contribution in [3.05, 3.63) is 24.0 Å². The van der Waals surface area contributed by atoms with E-state index in [2.05, 4.69) is 38.3 Å². The fourth-order valence-electron chi connectivity index (χ4n) is 1.89. The molecule has 0 atom stereocenters. The molecule has 0 radical (unpaired) electrons. The molecule has 0 spiro atoms. The Morgan fingerprint density at radius 2 is 2.15 bits per heavy atom. The van der Waals surface area contributed by atoms with Crippen LogP contribution in [0.2, 0.25) is 0 Å². The van der Waals surface area contributed by atoms with Crippen molar-refractivity contribution in [2.45, 2.75) is 40.0 Å². The lowest BCUT2D eigenvalue weighted by molar-refractivity contribution is 0.352. The number of nitrogens with zero attached hydrogens (tertiary/aromatic N) is 1. The smallest absolute Gasteiger partial charge is 0.0224 e. The number of hydrogen-bond donors (Lipinski definition) is 0. The Morgan fingerprint density at radius 1 is 1.46 bits per heavy atom. The largest absolute Gasteiger partial charge is 0.350 e. The van der Waals surface area contributed by atoms with E-state index in [-0.39, 0.29) is 0 Å². The Balaban J connectivity index is 2.63. The molecule has 0 saturated carbocycles. The van der Waals surface area contributed by atoms with Crippen molar-refractivity contribution in [2.24, 2.45) is 5.92 Å². The van der Waals surface area contributed by atoms with Crippen molar-refractivity contribution in [1.29, 1.82) is 0 Å². The predicted octanol–water partition coefficient (Wildman–Crippen LogP) is 3.55. The average Bonchev–Trinajstić information content (AvgIpc) is 2.03. The van der Waals surface area contributed by atoms with Gasteiger partial charge in [-0.05, 0) is 32.1 Å². The van der Waals surface area contributed by atoms with E-state index in [0.29, 0.717) is 5.92 Å². The first-order valence-corrected chi connectivity index (χ1v) is 5.25. The molecule has 0 bridgehead atoms. The second kappa shape index (κ2) is 4.50. The summed E-state index contributed by atoms with van der Waals surface area (Å²) in [6.07, 6.45) is 6.10. The van der Waals surface area contributed by atoms with Gasteiger partial charge in [-0.25, -0.2) is 0 Å². The molecule has 1 aliphatic rings. The summed E-state index contributed by atoms with van der Waals surface area (Å²) >= 11 is 0. The Hall–Kier alpha value is -0.720. The minimum absolute atomic E-state index is 0.634. The van der Waals surface area contributed by atoms with Gasteiger partial charge >= 0.3 is 0 Å². The molecule has 1 aliphatic heterocycles. The zero-order valence-electron chi connectivity index (χ0n) is 9.14. The van der Waals surface area contributed by atoms with Crippen LogP contribution in [0.3, 0.4) is 0 Å². The zero-order chi connectivity index (χ0) is 9.84. The van der Waals surface area contributed by atoms with Crippen molar-refractivity contribution in [2.75, 3.05) is 6.54 Å². The van der Waals surface area contributed by atoms with Crippen LogP contribution in [0, 0.1) is 5.92 Å². The molecule has 0 aromatic carbocycles. The minimum Gasteiger partial charge on any atom is -0.350 e. The van der Waals surface area contributed by atoms with Gasteiger partial charge in [-0.15, -0.1) is 0 Å². The zero-order valence-corrected chi connectivity index (χ0v) is 9.14. The third-order valence-corrected chi connectivity index (χ3v) is 2.48. The summed E-state index contributed by atoms with van der Waals surface area (Å²) in [5, 5.41) is 0. The van der Waals surface area contributed by atoms with Crippen LogP contribution in [-0.4, -0.2) is 11.4 Å². The standard InChI is InChI=1S/C12H21N/c1-10(2)9-12(4)13-8-6-5-7-11(13)3/h9-10H,3,5-8H2,1-2,4H3/b12-9-. The number of hydrogen-bond acceptors (Lipinski definition) is 1. The van der Waals surface area contributed by atoms with Gasteiger partial charge < -0.3 is 4.90 Å². The molecule has 0 unspecified atom stereocenters. The number of allylic oxidation sites excluding steroid dienone is 3. The molecule has 0 aliphatic carbocycles. The molecule has 1 rings (SSSR count). The van der Waals surface area contributed by atoms with E-state index in [4.69, 9.17) is 0 Å². The monoisotopic (exact) mass is 179 g/mol. The Morgan fingerprint density at radius 3 is 2.69 bits per heavy atom. The van der Waals surface area contributed by atoms with Crippen LogP contribution in [0.25, 0.3) is 0 Å². The van der Waals surface area contributed by atoms with Gasteiger partial charge in [-0.1, -0.05) is 26.5 Å². The summed E-state index contributed by atoms with van der Waals surface area (Å²) in [6, 6.07) is 0. The molecule has 74 valence electrons. The Bertz CT molecular complexity index is 213. The van der Waals surface area contributed by atoms with E-state index < -0.39 is 0 Å². The first-order chi connectivity index (χ1) is 6.11. The second-order valence-corrected chi connectivity index (χ2v) is 4.23. The fourth-order valence-corrected chi connectivity index (χ4v) is 1.89. The summed E-state index contributed by atoms with van der Waals surface area (Å²) in [5.41, 5.74) is 2.67. The maximum absolute atomic E-state index is 4.11. The second-order valence-electron chi connectivity index (χ2n) is 4.23. The highest BCUT2D eigenvalue weighted by Crippen LogP contribution is 2.23. The van der Waals surface area contributed by atoms with Crippen LogP contribution < -0.4 is 0 Å². The molecule has 1 heterocycles. The SMILES string of the molecule is C=C1CCCCN1/C(C)=C\C(C)C. The van der Waals surface area contributed by atoms with E-state index in [1.54, 1.807) is 0 Å². The fraction of sp³-hybridized carbons (Fsp3) is 0.667. The summed E-state index contributed by atoms with van der Waals surface area (Å²) in [5.74, 6) is 0.634. The minimum atomic E-state index is 0.634. The highest BCUT2D eigenvalue weighted by molar-refractivity contribution is 5.11. The summed E-state index contributed by atoms with van der Waals surface area (Å²) in [6.45, 7) is 11.9. The van der Waals surface area contributed by atoms with E-state index in [1.807, 2.05) is 0 Å². The van der Waals surface area contributed by atoms with Crippen molar-refractivity contribution in [3.63, 3.8) is 0 Å². The highest BCUT2D eigenvalue weighted by Gasteiger charge is 2.13. The average molecular weight is 179 g/mol. The normalized spacial score (nSPS) is 19.8. The van der Waals surface area contributed by atoms with Crippen molar-refractivity contribution < 1.29 is 0 Å². The van der Waals surface area contributed by atoms with Crippen LogP contribution in [0.4, 0.5) is 0 Å². The third-order valence-electron chi connectivity index (χ3n) is 2.48. The van der Waals surface area contributed by atoms with Gasteiger partial charge in [0.05, 0.1) is 0 Å². The van der Waals surface area contributed by atoms with E-state index in [0.717, 1.165) is 6.54 Å². The molecule has 0 aromatic rings. The molecular formula is C12H21N. The third kappa shape index (κ3) is 2.91. The van der Waals surface area contributed by atoms with Crippen LogP contribution in [0.5, 0.6) is 0 Å². The topological polar surface area (TPSA) is 3.24 Å². The Kier molecular flexibility index (Phi) is 3.58. The lowest BCUT2D eigenvalue weighted by atomic mass is 10.1. The molecule has 13 heavy (non-hydrogen) atoms. The molecule has 0 amide bonds. The van der Waals surface area contributed by atoms with Gasteiger partial charge in [0, 0.05) is 17.9 Å². The first kappa shape index (κ1) is 10.4. The van der Waals surface area contributed by atoms with Gasteiger partial charge in [0.1, 0.15) is 0 Å². The molecule has 0 aromatic heterocycles. The van der Waals surface area contributed by atoms with Gasteiger partial charge in [-0.2, -0.15) is 0 Å². The van der Waals surface area contributed by atoms with E-state index >= 15 is 0 Å². The summed E-state index contributed by atoms with van der Waals surface area (Å²) in [4.78, 5) is 2.36. The summed E-state index contributed by atoms with van der Waals surface area (Å²) in [7, 11) is 0. The maximum atomic E-state index is 4.11. The number of piperidine rings is 1. The number of rotatable bonds is 2. The van der Waals surface area contributed by atoms with Gasteiger partial charge in [0.2, 0.25) is 0 Å². The van der Waals surface area contributed by atoms with Gasteiger partial charge in [-0.3, -0.25) is 0 Å². The van der Waals surface area contributed by atoms with Crippen molar-refractivity contribution in [3.8, 4) is 0 Å². The lowest BCUT2D eigenvalue weighted by Gasteiger charge is -2.32. The first-order valence-electron chi connectivity index (χ1n) is 5.25. The maximum Gasteiger partial charge on any atom is 0.0224 e. The van der Waals surface area contributed by atoms with Crippen molar-refractivity contribution in [1.82, 2.24) is 4.90 Å². The predicted molar refractivity (Wildman–Crippen MR) is 58.3 cm³/mol.